The Morgan fingerprint density at radius 2 is 1.79 bits per heavy atom. The summed E-state index contributed by atoms with van der Waals surface area (Å²) >= 11 is 3.94. The van der Waals surface area contributed by atoms with Gasteiger partial charge >= 0.3 is 5.97 Å². The number of thiol groups is 1. The van der Waals surface area contributed by atoms with Gasteiger partial charge in [-0.3, -0.25) is 19.2 Å². The van der Waals surface area contributed by atoms with E-state index in [0.717, 1.165) is 5.56 Å². The molecule has 0 bridgehead atoms. The molecule has 0 radical (unpaired) electrons. The maximum absolute atomic E-state index is 13.1. The van der Waals surface area contributed by atoms with Gasteiger partial charge in [0.25, 0.3) is 0 Å². The Balaban J connectivity index is 2.17. The molecular formula is C21H29N5O6S. The molecule has 4 unspecified atom stereocenters. The molecule has 180 valence electrons. The Morgan fingerprint density at radius 1 is 1.12 bits per heavy atom. The highest BCUT2D eigenvalue weighted by atomic mass is 32.1. The van der Waals surface area contributed by atoms with Crippen LogP contribution in [0.25, 0.3) is 0 Å². The Hall–Kier alpha value is -3.12. The van der Waals surface area contributed by atoms with Gasteiger partial charge in [-0.1, -0.05) is 30.3 Å². The predicted octanol–water partition coefficient (Wildman–Crippen LogP) is -1.59. The zero-order valence-electron chi connectivity index (χ0n) is 18.0. The average molecular weight is 480 g/mol. The van der Waals surface area contributed by atoms with E-state index in [1.165, 1.54) is 4.90 Å². The molecule has 4 atom stereocenters. The third-order valence-corrected chi connectivity index (χ3v) is 5.65. The van der Waals surface area contributed by atoms with E-state index in [1.807, 2.05) is 0 Å². The minimum atomic E-state index is -1.25. The molecular weight excluding hydrogens is 450 g/mol. The molecule has 1 saturated heterocycles. The first kappa shape index (κ1) is 26.1. The van der Waals surface area contributed by atoms with Gasteiger partial charge in [0.05, 0.1) is 12.5 Å². The van der Waals surface area contributed by atoms with Crippen LogP contribution in [0.15, 0.2) is 30.3 Å². The molecule has 1 aromatic carbocycles. The molecule has 0 saturated carbocycles. The minimum Gasteiger partial charge on any atom is -0.480 e. The van der Waals surface area contributed by atoms with Gasteiger partial charge < -0.3 is 32.1 Å². The molecule has 1 fully saturated rings. The van der Waals surface area contributed by atoms with Crippen molar-refractivity contribution in [2.45, 2.75) is 49.9 Å². The molecule has 1 aromatic rings. The SMILES string of the molecule is NC(=O)CC(N)C(=O)N1CCCC1C(=O)NC(Cc1ccccc1)C(=O)NC(CS)C(=O)O. The first-order chi connectivity index (χ1) is 15.6. The zero-order valence-corrected chi connectivity index (χ0v) is 18.9. The van der Waals surface area contributed by atoms with E-state index in [1.54, 1.807) is 30.3 Å². The molecule has 2 rings (SSSR count). The smallest absolute Gasteiger partial charge is 0.327 e. The van der Waals surface area contributed by atoms with Crippen LogP contribution in [0.2, 0.25) is 0 Å². The van der Waals surface area contributed by atoms with Gasteiger partial charge in [-0.2, -0.15) is 12.6 Å². The van der Waals surface area contributed by atoms with Gasteiger partial charge in [0.2, 0.25) is 23.6 Å². The van der Waals surface area contributed by atoms with E-state index >= 15 is 0 Å². The number of nitrogens with two attached hydrogens (primary N) is 2. The summed E-state index contributed by atoms with van der Waals surface area (Å²) in [6.45, 7) is 0.277. The second kappa shape index (κ2) is 12.2. The highest BCUT2D eigenvalue weighted by Gasteiger charge is 2.38. The van der Waals surface area contributed by atoms with E-state index in [-0.39, 0.29) is 25.1 Å². The van der Waals surface area contributed by atoms with Crippen molar-refractivity contribution in [1.82, 2.24) is 15.5 Å². The van der Waals surface area contributed by atoms with Crippen LogP contribution in [-0.4, -0.2) is 76.1 Å². The topological polar surface area (TPSA) is 185 Å². The maximum atomic E-state index is 13.1. The highest BCUT2D eigenvalue weighted by molar-refractivity contribution is 7.80. The second-order valence-electron chi connectivity index (χ2n) is 7.80. The summed E-state index contributed by atoms with van der Waals surface area (Å²) in [6, 6.07) is 4.55. The van der Waals surface area contributed by atoms with Crippen LogP contribution >= 0.6 is 12.6 Å². The zero-order chi connectivity index (χ0) is 24.5. The minimum absolute atomic E-state index is 0.110. The summed E-state index contributed by atoms with van der Waals surface area (Å²) in [6.07, 6.45) is 0.667. The van der Waals surface area contributed by atoms with Gasteiger partial charge in [0.1, 0.15) is 18.1 Å². The van der Waals surface area contributed by atoms with E-state index in [0.29, 0.717) is 12.8 Å². The van der Waals surface area contributed by atoms with Crippen molar-refractivity contribution in [2.75, 3.05) is 12.3 Å². The maximum Gasteiger partial charge on any atom is 0.327 e. The van der Waals surface area contributed by atoms with Crippen LogP contribution in [0.5, 0.6) is 0 Å². The Kier molecular flexibility index (Phi) is 9.67. The van der Waals surface area contributed by atoms with Crippen LogP contribution in [0.1, 0.15) is 24.8 Å². The number of likely N-dealkylation sites (tertiary alicyclic amines) is 1. The Bertz CT molecular complexity index is 883. The van der Waals surface area contributed by atoms with Crippen LogP contribution < -0.4 is 22.1 Å². The lowest BCUT2D eigenvalue weighted by Gasteiger charge is -2.28. The number of benzene rings is 1. The van der Waals surface area contributed by atoms with Crippen molar-refractivity contribution in [3.63, 3.8) is 0 Å². The van der Waals surface area contributed by atoms with Gasteiger partial charge in [0.15, 0.2) is 0 Å². The fourth-order valence-electron chi connectivity index (χ4n) is 3.60. The molecule has 7 N–H and O–H groups in total. The van der Waals surface area contributed by atoms with Crippen LogP contribution in [-0.2, 0) is 30.4 Å². The van der Waals surface area contributed by atoms with Crippen molar-refractivity contribution in [3.8, 4) is 0 Å². The van der Waals surface area contributed by atoms with Gasteiger partial charge in [0, 0.05) is 18.7 Å². The lowest BCUT2D eigenvalue weighted by Crippen LogP contribution is -2.57. The number of rotatable bonds is 11. The number of carboxylic acid groups (broad SMARTS) is 1. The summed E-state index contributed by atoms with van der Waals surface area (Å²) in [7, 11) is 0. The fraction of sp³-hybridized carbons (Fsp3) is 0.476. The number of amides is 4. The Labute approximate surface area is 196 Å². The number of hydrogen-bond acceptors (Lipinski definition) is 7. The normalized spacial score (nSPS) is 18.1. The Morgan fingerprint density at radius 3 is 2.36 bits per heavy atom. The number of primary amides is 1. The lowest BCUT2D eigenvalue weighted by molar-refractivity contribution is -0.142. The van der Waals surface area contributed by atoms with Crippen molar-refractivity contribution in [3.05, 3.63) is 35.9 Å². The molecule has 4 amide bonds. The highest BCUT2D eigenvalue weighted by Crippen LogP contribution is 2.19. The van der Waals surface area contributed by atoms with Gasteiger partial charge in [-0.25, -0.2) is 4.79 Å². The third kappa shape index (κ3) is 7.46. The van der Waals surface area contributed by atoms with Crippen LogP contribution in [0.3, 0.4) is 0 Å². The van der Waals surface area contributed by atoms with E-state index in [2.05, 4.69) is 23.3 Å². The number of carbonyl (C=O) groups excluding carboxylic acids is 4. The van der Waals surface area contributed by atoms with Crippen molar-refractivity contribution < 1.29 is 29.1 Å². The van der Waals surface area contributed by atoms with E-state index in [9.17, 15) is 29.1 Å². The lowest BCUT2D eigenvalue weighted by atomic mass is 10.0. The molecule has 0 aromatic heterocycles. The number of aliphatic carboxylic acids is 1. The predicted molar refractivity (Wildman–Crippen MR) is 122 cm³/mol. The number of nitrogens with zero attached hydrogens (tertiary/aromatic N) is 1. The average Bonchev–Trinajstić information content (AvgIpc) is 3.26. The molecule has 0 spiro atoms. The molecule has 11 nitrogen and oxygen atoms in total. The quantitative estimate of drug-likeness (QED) is 0.206. The summed E-state index contributed by atoms with van der Waals surface area (Å²) < 4.78 is 0. The van der Waals surface area contributed by atoms with Crippen molar-refractivity contribution in [1.29, 1.82) is 0 Å². The first-order valence-corrected chi connectivity index (χ1v) is 11.1. The molecule has 1 aliphatic rings. The standard InChI is InChI=1S/C21H29N5O6S/c22-13(10-17(23)27)20(30)26-8-4-7-16(26)19(29)24-14(9-12-5-2-1-3-6-12)18(28)25-15(11-33)21(31)32/h1-3,5-6,13-16,33H,4,7-11,22H2,(H2,23,27)(H,24,29)(H,25,28)(H,31,32). The van der Waals surface area contributed by atoms with Gasteiger partial charge in [-0.15, -0.1) is 0 Å². The van der Waals surface area contributed by atoms with Crippen molar-refractivity contribution >= 4 is 42.2 Å². The van der Waals surface area contributed by atoms with Gasteiger partial charge in [-0.05, 0) is 18.4 Å². The summed E-state index contributed by atoms with van der Waals surface area (Å²) in [4.78, 5) is 62.2. The molecule has 0 aliphatic carbocycles. The number of hydrogen-bond donors (Lipinski definition) is 6. The molecule has 33 heavy (non-hydrogen) atoms. The largest absolute Gasteiger partial charge is 0.480 e. The van der Waals surface area contributed by atoms with E-state index in [4.69, 9.17) is 11.5 Å². The first-order valence-electron chi connectivity index (χ1n) is 10.5. The number of nitrogens with one attached hydrogen (secondary N) is 2. The van der Waals surface area contributed by atoms with Crippen molar-refractivity contribution in [2.24, 2.45) is 11.5 Å². The van der Waals surface area contributed by atoms with Crippen LogP contribution in [0.4, 0.5) is 0 Å². The molecule has 12 heteroatoms. The summed E-state index contributed by atoms with van der Waals surface area (Å²) in [5.41, 5.74) is 11.6. The van der Waals surface area contributed by atoms with Crippen LogP contribution in [0, 0.1) is 0 Å². The monoisotopic (exact) mass is 479 g/mol. The third-order valence-electron chi connectivity index (χ3n) is 5.29. The summed E-state index contributed by atoms with van der Waals surface area (Å²) in [5.74, 6) is -3.94. The number of carbonyl (C=O) groups is 5. The second-order valence-corrected chi connectivity index (χ2v) is 8.16. The molecule has 1 aliphatic heterocycles. The fourth-order valence-corrected chi connectivity index (χ4v) is 3.85. The molecule has 1 heterocycles. The van der Waals surface area contributed by atoms with E-state index < -0.39 is 53.8 Å². The summed E-state index contributed by atoms with van der Waals surface area (Å²) in [5, 5.41) is 14.2. The number of carboxylic acids is 1.